The average molecular weight is 956 g/mol. The molecule has 8 nitrogen and oxygen atoms in total. The van der Waals surface area contributed by atoms with Crippen molar-refractivity contribution in [3.8, 4) is 0 Å². The average Bonchev–Trinajstić information content (AvgIpc) is 3.28. The lowest BCUT2D eigenvalue weighted by molar-refractivity contribution is -0.870. The molecule has 0 aromatic rings. The maximum atomic E-state index is 12.9. The van der Waals surface area contributed by atoms with Gasteiger partial charge in [-0.2, -0.15) is 0 Å². The second kappa shape index (κ2) is 49.2. The lowest BCUT2D eigenvalue weighted by atomic mass is 10.0. The molecule has 1 amide bonds. The highest BCUT2D eigenvalue weighted by Crippen LogP contribution is 2.38. The third kappa shape index (κ3) is 51.1. The molecular weight excluding hydrogens is 840 g/mol. The van der Waals surface area contributed by atoms with Gasteiger partial charge in [0.2, 0.25) is 5.91 Å². The number of aliphatic hydroxyl groups excluding tert-OH is 1. The SMILES string of the molecule is CCCCCCCC/C=C/C(O)C(COP(=O)([O-])OCC[N+](C)(C)C)NC(=O)CCCCCCCCCCCCCCCCCCCCCCCCCCCCCCCCCCCCCC. The molecule has 0 aliphatic heterocycles. The standard InChI is InChI=1S/C57H115N2O6P/c1-6-8-10-12-14-16-17-18-19-20-21-22-23-24-25-26-27-28-29-30-31-32-33-34-35-36-37-38-39-40-41-42-43-45-47-49-51-57(61)58-55(54-65-66(62,63)64-53-52-59(3,4)5)56(60)50-48-46-44-15-13-11-9-7-2/h48,50,55-56,60H,6-47,49,51-54H2,1-5H3,(H-,58,61,62,63)/b50-48+. The molecule has 3 atom stereocenters. The first-order chi connectivity index (χ1) is 32.0. The summed E-state index contributed by atoms with van der Waals surface area (Å²) in [6.07, 6.45) is 60.6. The van der Waals surface area contributed by atoms with E-state index in [1.54, 1.807) is 6.08 Å². The molecule has 9 heteroatoms. The van der Waals surface area contributed by atoms with Crippen molar-refractivity contribution in [3.05, 3.63) is 12.2 Å². The molecule has 0 aliphatic carbocycles. The summed E-state index contributed by atoms with van der Waals surface area (Å²) in [5, 5.41) is 13.7. The number of likely N-dealkylation sites (N-methyl/N-ethyl adjacent to an activating group) is 1. The maximum Gasteiger partial charge on any atom is 0.268 e. The highest BCUT2D eigenvalue weighted by Gasteiger charge is 2.23. The number of allylic oxidation sites excluding steroid dienone is 1. The Morgan fingerprint density at radius 2 is 0.818 bits per heavy atom. The number of nitrogens with one attached hydrogen (secondary N) is 1. The lowest BCUT2D eigenvalue weighted by Crippen LogP contribution is -2.45. The molecule has 0 aliphatic rings. The zero-order chi connectivity index (χ0) is 48.5. The van der Waals surface area contributed by atoms with Crippen molar-refractivity contribution in [2.45, 2.75) is 309 Å². The van der Waals surface area contributed by atoms with E-state index in [1.807, 2.05) is 27.2 Å². The predicted octanol–water partition coefficient (Wildman–Crippen LogP) is 16.8. The second-order valence-corrected chi connectivity index (χ2v) is 22.8. The van der Waals surface area contributed by atoms with Gasteiger partial charge in [-0.3, -0.25) is 9.36 Å². The van der Waals surface area contributed by atoms with Crippen LogP contribution < -0.4 is 10.2 Å². The molecule has 0 fully saturated rings. The number of aliphatic hydroxyl groups is 1. The number of phosphoric acid groups is 1. The van der Waals surface area contributed by atoms with Gasteiger partial charge in [0, 0.05) is 6.42 Å². The van der Waals surface area contributed by atoms with Crippen LogP contribution in [-0.4, -0.2) is 68.5 Å². The van der Waals surface area contributed by atoms with E-state index >= 15 is 0 Å². The number of nitrogens with zero attached hydrogens (tertiary/aromatic N) is 1. The van der Waals surface area contributed by atoms with Crippen molar-refractivity contribution in [1.29, 1.82) is 0 Å². The number of quaternary nitrogens is 1. The zero-order valence-corrected chi connectivity index (χ0v) is 45.8. The fourth-order valence-electron chi connectivity index (χ4n) is 8.92. The quantitative estimate of drug-likeness (QED) is 0.0272. The van der Waals surface area contributed by atoms with Crippen LogP contribution in [-0.2, 0) is 18.4 Å². The van der Waals surface area contributed by atoms with Crippen molar-refractivity contribution in [2.24, 2.45) is 0 Å². The van der Waals surface area contributed by atoms with Gasteiger partial charge in [-0.15, -0.1) is 0 Å². The summed E-state index contributed by atoms with van der Waals surface area (Å²) < 4.78 is 23.2. The van der Waals surface area contributed by atoms with E-state index in [2.05, 4.69) is 19.2 Å². The van der Waals surface area contributed by atoms with E-state index in [1.165, 1.54) is 238 Å². The number of carbonyl (C=O) groups is 1. The fourth-order valence-corrected chi connectivity index (χ4v) is 9.64. The van der Waals surface area contributed by atoms with E-state index in [9.17, 15) is 19.4 Å². The topological polar surface area (TPSA) is 108 Å². The van der Waals surface area contributed by atoms with Gasteiger partial charge in [0.25, 0.3) is 7.82 Å². The zero-order valence-electron chi connectivity index (χ0n) is 44.9. The van der Waals surface area contributed by atoms with Gasteiger partial charge >= 0.3 is 0 Å². The van der Waals surface area contributed by atoms with Crippen molar-refractivity contribution < 1.29 is 32.9 Å². The van der Waals surface area contributed by atoms with Crippen molar-refractivity contribution in [2.75, 3.05) is 40.9 Å². The van der Waals surface area contributed by atoms with Crippen LogP contribution in [0.15, 0.2) is 12.2 Å². The van der Waals surface area contributed by atoms with E-state index in [-0.39, 0.29) is 19.1 Å². The van der Waals surface area contributed by atoms with Crippen LogP contribution in [0.4, 0.5) is 0 Å². The molecule has 66 heavy (non-hydrogen) atoms. The Balaban J connectivity index is 3.77. The molecule has 2 N–H and O–H groups in total. The minimum Gasteiger partial charge on any atom is -0.756 e. The lowest BCUT2D eigenvalue weighted by Gasteiger charge is -2.29. The molecule has 0 saturated carbocycles. The third-order valence-electron chi connectivity index (χ3n) is 13.5. The Morgan fingerprint density at radius 3 is 1.14 bits per heavy atom. The Bertz CT molecular complexity index is 1080. The molecule has 0 bridgehead atoms. The number of amides is 1. The molecule has 0 rings (SSSR count). The van der Waals surface area contributed by atoms with Crippen LogP contribution >= 0.6 is 7.82 Å². The van der Waals surface area contributed by atoms with Crippen LogP contribution in [0.5, 0.6) is 0 Å². The summed E-state index contributed by atoms with van der Waals surface area (Å²) in [5.41, 5.74) is 0. The summed E-state index contributed by atoms with van der Waals surface area (Å²) in [7, 11) is 1.27. The monoisotopic (exact) mass is 955 g/mol. The molecule has 0 saturated heterocycles. The predicted molar refractivity (Wildman–Crippen MR) is 284 cm³/mol. The first kappa shape index (κ1) is 65.2. The molecule has 3 unspecified atom stereocenters. The highest BCUT2D eigenvalue weighted by atomic mass is 31.2. The smallest absolute Gasteiger partial charge is 0.268 e. The largest absolute Gasteiger partial charge is 0.756 e. The van der Waals surface area contributed by atoms with Gasteiger partial charge in [0.15, 0.2) is 0 Å². The number of phosphoric ester groups is 1. The maximum absolute atomic E-state index is 12.9. The van der Waals surface area contributed by atoms with E-state index in [0.717, 1.165) is 38.5 Å². The Morgan fingerprint density at radius 1 is 0.515 bits per heavy atom. The number of rotatable bonds is 54. The number of unbranched alkanes of at least 4 members (excludes halogenated alkanes) is 41. The van der Waals surface area contributed by atoms with Gasteiger partial charge in [-0.1, -0.05) is 283 Å². The second-order valence-electron chi connectivity index (χ2n) is 21.4. The number of carbonyl (C=O) groups excluding carboxylic acids is 1. The van der Waals surface area contributed by atoms with Gasteiger partial charge in [-0.25, -0.2) is 0 Å². The van der Waals surface area contributed by atoms with Gasteiger partial charge < -0.3 is 28.8 Å². The first-order valence-corrected chi connectivity index (χ1v) is 30.5. The minimum atomic E-state index is -4.58. The van der Waals surface area contributed by atoms with Crippen LogP contribution in [0.3, 0.4) is 0 Å². The summed E-state index contributed by atoms with van der Waals surface area (Å²) >= 11 is 0. The van der Waals surface area contributed by atoms with Crippen molar-refractivity contribution in [3.63, 3.8) is 0 Å². The number of hydrogen-bond acceptors (Lipinski definition) is 6. The van der Waals surface area contributed by atoms with Crippen LogP contribution in [0, 0.1) is 0 Å². The summed E-state index contributed by atoms with van der Waals surface area (Å²) in [5.74, 6) is -0.195. The van der Waals surface area contributed by atoms with E-state index in [0.29, 0.717) is 17.4 Å². The van der Waals surface area contributed by atoms with Crippen LogP contribution in [0.2, 0.25) is 0 Å². The number of hydrogen-bond donors (Lipinski definition) is 2. The van der Waals surface area contributed by atoms with Gasteiger partial charge in [-0.05, 0) is 19.3 Å². The van der Waals surface area contributed by atoms with Gasteiger partial charge in [0.1, 0.15) is 13.2 Å². The molecule has 0 spiro atoms. The normalized spacial score (nSPS) is 14.0. The first-order valence-electron chi connectivity index (χ1n) is 29.1. The Labute approximate surface area is 412 Å². The fraction of sp³-hybridized carbons (Fsp3) is 0.947. The summed E-state index contributed by atoms with van der Waals surface area (Å²) in [6.45, 7) is 4.63. The molecule has 0 aromatic carbocycles. The minimum absolute atomic E-state index is 0.00176. The third-order valence-corrected chi connectivity index (χ3v) is 14.5. The highest BCUT2D eigenvalue weighted by molar-refractivity contribution is 7.45. The van der Waals surface area contributed by atoms with E-state index < -0.39 is 20.0 Å². The molecule has 0 radical (unpaired) electrons. The van der Waals surface area contributed by atoms with Crippen LogP contribution in [0.25, 0.3) is 0 Å². The van der Waals surface area contributed by atoms with Crippen LogP contribution in [0.1, 0.15) is 296 Å². The van der Waals surface area contributed by atoms with E-state index in [4.69, 9.17) is 9.05 Å². The van der Waals surface area contributed by atoms with Crippen molar-refractivity contribution in [1.82, 2.24) is 5.32 Å². The Kier molecular flexibility index (Phi) is 48.7. The molecule has 0 aromatic heterocycles. The molecule has 394 valence electrons. The van der Waals surface area contributed by atoms with Gasteiger partial charge in [0.05, 0.1) is 39.9 Å². The Hall–Kier alpha value is -0.760. The molecule has 0 heterocycles. The molecular formula is C57H115N2O6P. The van der Waals surface area contributed by atoms with Crippen molar-refractivity contribution >= 4 is 13.7 Å². The summed E-state index contributed by atoms with van der Waals surface area (Å²) in [4.78, 5) is 25.3. The summed E-state index contributed by atoms with van der Waals surface area (Å²) in [6, 6.07) is -0.879.